The van der Waals surface area contributed by atoms with E-state index in [1.807, 2.05) is 0 Å². The maximum atomic E-state index is 12.3. The first-order valence-electron chi connectivity index (χ1n) is 4.04. The van der Waals surface area contributed by atoms with Crippen LogP contribution in [0, 0.1) is 0 Å². The SMILES string of the molecule is Cn1nc(COS(C)(=O)=O)cc1C(F)(F)F. The summed E-state index contributed by atoms with van der Waals surface area (Å²) in [6, 6.07) is 0.741. The Morgan fingerprint density at radius 1 is 1.50 bits per heavy atom. The minimum Gasteiger partial charge on any atom is -0.264 e. The Balaban J connectivity index is 2.86. The highest BCUT2D eigenvalue weighted by atomic mass is 32.2. The van der Waals surface area contributed by atoms with E-state index in [0.29, 0.717) is 4.68 Å². The Morgan fingerprint density at radius 2 is 2.06 bits per heavy atom. The fraction of sp³-hybridized carbons (Fsp3) is 0.571. The van der Waals surface area contributed by atoms with Crippen LogP contribution in [0.25, 0.3) is 0 Å². The van der Waals surface area contributed by atoms with Gasteiger partial charge in [-0.05, 0) is 6.07 Å². The molecule has 0 aliphatic heterocycles. The molecule has 1 aromatic rings. The van der Waals surface area contributed by atoms with Crippen LogP contribution in [0.5, 0.6) is 0 Å². The van der Waals surface area contributed by atoms with Crippen LogP contribution in [0.15, 0.2) is 6.07 Å². The molecular weight excluding hydrogens is 249 g/mol. The van der Waals surface area contributed by atoms with Crippen LogP contribution in [-0.4, -0.2) is 24.5 Å². The molecule has 0 amide bonds. The van der Waals surface area contributed by atoms with Crippen molar-refractivity contribution in [1.29, 1.82) is 0 Å². The molecule has 5 nitrogen and oxygen atoms in total. The molecule has 1 aromatic heterocycles. The minimum absolute atomic E-state index is 0.0970. The molecule has 1 rings (SSSR count). The highest BCUT2D eigenvalue weighted by Crippen LogP contribution is 2.29. The van der Waals surface area contributed by atoms with E-state index >= 15 is 0 Å². The van der Waals surface area contributed by atoms with Crippen molar-refractivity contribution >= 4 is 10.1 Å². The van der Waals surface area contributed by atoms with Crippen LogP contribution in [0.2, 0.25) is 0 Å². The van der Waals surface area contributed by atoms with Crippen molar-refractivity contribution in [3.05, 3.63) is 17.5 Å². The first-order chi connectivity index (χ1) is 7.09. The summed E-state index contributed by atoms with van der Waals surface area (Å²) in [5.41, 5.74) is -1.06. The lowest BCUT2D eigenvalue weighted by molar-refractivity contribution is -0.143. The highest BCUT2D eigenvalue weighted by molar-refractivity contribution is 7.85. The molecule has 0 spiro atoms. The van der Waals surface area contributed by atoms with Gasteiger partial charge >= 0.3 is 6.18 Å². The van der Waals surface area contributed by atoms with E-state index < -0.39 is 28.6 Å². The molecule has 0 aliphatic carbocycles. The van der Waals surface area contributed by atoms with Gasteiger partial charge in [0.2, 0.25) is 0 Å². The van der Waals surface area contributed by atoms with Crippen LogP contribution >= 0.6 is 0 Å². The summed E-state index contributed by atoms with van der Waals surface area (Å²) in [7, 11) is -2.57. The molecule has 0 aromatic carbocycles. The molecule has 0 saturated carbocycles. The molecule has 1 heterocycles. The third kappa shape index (κ3) is 3.49. The van der Waals surface area contributed by atoms with Gasteiger partial charge in [0.05, 0.1) is 11.9 Å². The quantitative estimate of drug-likeness (QED) is 0.756. The van der Waals surface area contributed by atoms with E-state index in [1.54, 1.807) is 0 Å². The summed E-state index contributed by atoms with van der Waals surface area (Å²) < 4.78 is 63.1. The van der Waals surface area contributed by atoms with Crippen molar-refractivity contribution in [1.82, 2.24) is 9.78 Å². The Morgan fingerprint density at radius 3 is 2.44 bits per heavy atom. The lowest BCUT2D eigenvalue weighted by Crippen LogP contribution is -2.11. The van der Waals surface area contributed by atoms with E-state index in [9.17, 15) is 21.6 Å². The second kappa shape index (κ2) is 4.06. The summed E-state index contributed by atoms with van der Waals surface area (Å²) in [5.74, 6) is 0. The van der Waals surface area contributed by atoms with Gasteiger partial charge in [-0.25, -0.2) is 0 Å². The molecule has 9 heteroatoms. The maximum Gasteiger partial charge on any atom is 0.433 e. The topological polar surface area (TPSA) is 61.2 Å². The van der Waals surface area contributed by atoms with E-state index in [1.165, 1.54) is 0 Å². The molecule has 0 fully saturated rings. The van der Waals surface area contributed by atoms with Crippen LogP contribution in [0.1, 0.15) is 11.4 Å². The molecule has 0 aliphatic rings. The Hall–Kier alpha value is -1.09. The van der Waals surface area contributed by atoms with Crippen molar-refractivity contribution in [3.8, 4) is 0 Å². The van der Waals surface area contributed by atoms with E-state index in [4.69, 9.17) is 0 Å². The van der Waals surface area contributed by atoms with Crippen LogP contribution in [0.3, 0.4) is 0 Å². The van der Waals surface area contributed by atoms with Crippen molar-refractivity contribution in [2.45, 2.75) is 12.8 Å². The average molecular weight is 258 g/mol. The fourth-order valence-electron chi connectivity index (χ4n) is 1.03. The van der Waals surface area contributed by atoms with Gasteiger partial charge in [-0.3, -0.25) is 8.86 Å². The molecular formula is C7H9F3N2O3S. The predicted octanol–water partition coefficient (Wildman–Crippen LogP) is 0.915. The van der Waals surface area contributed by atoms with Gasteiger partial charge in [-0.2, -0.15) is 26.7 Å². The van der Waals surface area contributed by atoms with E-state index in [0.717, 1.165) is 19.4 Å². The minimum atomic E-state index is -4.52. The van der Waals surface area contributed by atoms with Gasteiger partial charge in [0.1, 0.15) is 12.3 Å². The Bertz CT molecular complexity index is 478. The van der Waals surface area contributed by atoms with Crippen molar-refractivity contribution < 1.29 is 25.8 Å². The summed E-state index contributed by atoms with van der Waals surface area (Å²) in [4.78, 5) is 0. The summed E-state index contributed by atoms with van der Waals surface area (Å²) in [6.07, 6.45) is -3.72. The van der Waals surface area contributed by atoms with Gasteiger partial charge in [0, 0.05) is 7.05 Å². The molecule has 0 radical (unpaired) electrons. The number of hydrogen-bond donors (Lipinski definition) is 0. The van der Waals surface area contributed by atoms with Crippen molar-refractivity contribution in [3.63, 3.8) is 0 Å². The third-order valence-electron chi connectivity index (χ3n) is 1.64. The standard InChI is InChI=1S/C7H9F3N2O3S/c1-12-6(7(8,9)10)3-5(11-12)4-15-16(2,13)14/h3H,4H2,1-2H3. The molecule has 0 saturated heterocycles. The maximum absolute atomic E-state index is 12.3. The lowest BCUT2D eigenvalue weighted by Gasteiger charge is -2.04. The van der Waals surface area contributed by atoms with Gasteiger partial charge < -0.3 is 0 Å². The first-order valence-corrected chi connectivity index (χ1v) is 5.86. The van der Waals surface area contributed by atoms with E-state index in [-0.39, 0.29) is 5.69 Å². The lowest BCUT2D eigenvalue weighted by atomic mass is 10.3. The molecule has 16 heavy (non-hydrogen) atoms. The zero-order chi connectivity index (χ0) is 12.6. The fourth-order valence-corrected chi connectivity index (χ4v) is 1.36. The predicted molar refractivity (Wildman–Crippen MR) is 47.8 cm³/mol. The average Bonchev–Trinajstić information content (AvgIpc) is 2.41. The summed E-state index contributed by atoms with van der Waals surface area (Å²) in [6.45, 7) is -0.511. The number of nitrogens with zero attached hydrogens (tertiary/aromatic N) is 2. The normalized spacial score (nSPS) is 13.1. The van der Waals surface area contributed by atoms with Crippen molar-refractivity contribution in [2.75, 3.05) is 6.26 Å². The number of hydrogen-bond acceptors (Lipinski definition) is 4. The molecule has 0 atom stereocenters. The second-order valence-corrected chi connectivity index (χ2v) is 4.75. The molecule has 0 N–H and O–H groups in total. The molecule has 0 unspecified atom stereocenters. The van der Waals surface area contributed by atoms with Crippen LogP contribution in [-0.2, 0) is 34.1 Å². The van der Waals surface area contributed by atoms with Crippen molar-refractivity contribution in [2.24, 2.45) is 7.05 Å². The highest BCUT2D eigenvalue weighted by Gasteiger charge is 2.34. The Kier molecular flexibility index (Phi) is 3.29. The van der Waals surface area contributed by atoms with Crippen LogP contribution in [0.4, 0.5) is 13.2 Å². The van der Waals surface area contributed by atoms with E-state index in [2.05, 4.69) is 9.28 Å². The number of aromatic nitrogens is 2. The molecule has 92 valence electrons. The monoisotopic (exact) mass is 258 g/mol. The van der Waals surface area contributed by atoms with Gasteiger partial charge in [-0.1, -0.05) is 0 Å². The third-order valence-corrected chi connectivity index (χ3v) is 2.19. The number of rotatable bonds is 3. The van der Waals surface area contributed by atoms with Gasteiger partial charge in [0.15, 0.2) is 0 Å². The van der Waals surface area contributed by atoms with Gasteiger partial charge in [-0.15, -0.1) is 0 Å². The zero-order valence-corrected chi connectivity index (χ0v) is 9.26. The largest absolute Gasteiger partial charge is 0.433 e. The second-order valence-electron chi connectivity index (χ2n) is 3.11. The Labute approximate surface area is 89.9 Å². The first kappa shape index (κ1) is 13.0. The number of alkyl halides is 3. The molecule has 0 bridgehead atoms. The summed E-state index contributed by atoms with van der Waals surface area (Å²) >= 11 is 0. The summed E-state index contributed by atoms with van der Waals surface area (Å²) in [5, 5.41) is 3.49. The zero-order valence-electron chi connectivity index (χ0n) is 8.45. The number of aryl methyl sites for hydroxylation is 1. The number of halogens is 3. The van der Waals surface area contributed by atoms with Gasteiger partial charge in [0.25, 0.3) is 10.1 Å². The van der Waals surface area contributed by atoms with Crippen LogP contribution < -0.4 is 0 Å². The smallest absolute Gasteiger partial charge is 0.264 e.